The highest BCUT2D eigenvalue weighted by molar-refractivity contribution is 7.88. The van der Waals surface area contributed by atoms with Gasteiger partial charge in [0.1, 0.15) is 29.6 Å². The van der Waals surface area contributed by atoms with Crippen molar-refractivity contribution in [3.63, 3.8) is 0 Å². The van der Waals surface area contributed by atoms with Crippen LogP contribution < -0.4 is 10.0 Å². The van der Waals surface area contributed by atoms with Gasteiger partial charge in [-0.15, -0.1) is 0 Å². The standard InChI is InChI=1S/C17H17F2N5O2S/c18-14-7-13(8-15(19)9-14)11-27(25,26)23-4-3-20-16-10-17(22-12-21-16)24-5-1-2-6-24/h1-2,5-10,12,23H,3-4,11H2,(H,20,21,22). The van der Waals surface area contributed by atoms with Gasteiger partial charge in [0.25, 0.3) is 0 Å². The van der Waals surface area contributed by atoms with E-state index in [4.69, 9.17) is 0 Å². The topological polar surface area (TPSA) is 88.9 Å². The van der Waals surface area contributed by atoms with Crippen LogP contribution in [0.4, 0.5) is 14.6 Å². The van der Waals surface area contributed by atoms with Gasteiger partial charge in [-0.25, -0.2) is 31.9 Å². The summed E-state index contributed by atoms with van der Waals surface area (Å²) in [7, 11) is -3.73. The van der Waals surface area contributed by atoms with Crippen molar-refractivity contribution in [3.8, 4) is 5.82 Å². The molecule has 0 atom stereocenters. The predicted molar refractivity (Wildman–Crippen MR) is 96.8 cm³/mol. The van der Waals surface area contributed by atoms with Crippen LogP contribution in [0.2, 0.25) is 0 Å². The SMILES string of the molecule is O=S(=O)(Cc1cc(F)cc(F)c1)NCCNc1cc(-n2cccc2)ncn1. The summed E-state index contributed by atoms with van der Waals surface area (Å²) in [4.78, 5) is 8.22. The molecule has 0 aliphatic carbocycles. The largest absolute Gasteiger partial charge is 0.369 e. The van der Waals surface area contributed by atoms with Gasteiger partial charge in [-0.3, -0.25) is 0 Å². The molecule has 2 aromatic heterocycles. The van der Waals surface area contributed by atoms with Gasteiger partial charge in [0.05, 0.1) is 5.75 Å². The molecule has 10 heteroatoms. The Morgan fingerprint density at radius 3 is 2.37 bits per heavy atom. The average Bonchev–Trinajstić information content (AvgIpc) is 3.12. The minimum atomic E-state index is -3.73. The minimum absolute atomic E-state index is 0.0418. The summed E-state index contributed by atoms with van der Waals surface area (Å²) in [5, 5.41) is 2.99. The summed E-state index contributed by atoms with van der Waals surface area (Å²) in [6.45, 7) is 0.363. The monoisotopic (exact) mass is 393 g/mol. The summed E-state index contributed by atoms with van der Waals surface area (Å²) < 4.78 is 54.6. The fourth-order valence-electron chi connectivity index (χ4n) is 2.43. The summed E-state index contributed by atoms with van der Waals surface area (Å²) in [5.41, 5.74) is 0.0418. The van der Waals surface area contributed by atoms with Crippen molar-refractivity contribution in [1.29, 1.82) is 0 Å². The van der Waals surface area contributed by atoms with E-state index in [1.165, 1.54) is 6.33 Å². The van der Waals surface area contributed by atoms with Crippen LogP contribution in [-0.4, -0.2) is 36.0 Å². The van der Waals surface area contributed by atoms with Crippen molar-refractivity contribution < 1.29 is 17.2 Å². The molecule has 0 radical (unpaired) electrons. The highest BCUT2D eigenvalue weighted by atomic mass is 32.2. The van der Waals surface area contributed by atoms with Gasteiger partial charge in [0, 0.05) is 37.6 Å². The number of benzene rings is 1. The zero-order valence-corrected chi connectivity index (χ0v) is 15.0. The first kappa shape index (κ1) is 18.9. The van der Waals surface area contributed by atoms with Gasteiger partial charge in [-0.1, -0.05) is 0 Å². The Kier molecular flexibility index (Phi) is 5.77. The maximum atomic E-state index is 13.2. The average molecular weight is 393 g/mol. The zero-order chi connectivity index (χ0) is 19.3. The Morgan fingerprint density at radius 1 is 0.963 bits per heavy atom. The van der Waals surface area contributed by atoms with Gasteiger partial charge in [-0.05, 0) is 29.8 Å². The second-order valence-electron chi connectivity index (χ2n) is 5.71. The Hall–Kier alpha value is -2.85. The van der Waals surface area contributed by atoms with Crippen molar-refractivity contribution in [2.45, 2.75) is 5.75 Å². The summed E-state index contributed by atoms with van der Waals surface area (Å²) in [5.74, 6) is -0.924. The van der Waals surface area contributed by atoms with E-state index in [0.29, 0.717) is 17.7 Å². The number of anilines is 1. The molecule has 0 amide bonds. The Balaban J connectivity index is 1.51. The molecule has 0 aliphatic rings. The van der Waals surface area contributed by atoms with Gasteiger partial charge in [0.2, 0.25) is 10.0 Å². The van der Waals surface area contributed by atoms with Crippen LogP contribution >= 0.6 is 0 Å². The van der Waals surface area contributed by atoms with E-state index in [9.17, 15) is 17.2 Å². The molecule has 142 valence electrons. The number of sulfonamides is 1. The molecular weight excluding hydrogens is 376 g/mol. The van der Waals surface area contributed by atoms with Crippen LogP contribution in [0.5, 0.6) is 0 Å². The lowest BCUT2D eigenvalue weighted by Crippen LogP contribution is -2.30. The summed E-state index contributed by atoms with van der Waals surface area (Å²) >= 11 is 0. The number of nitrogens with zero attached hydrogens (tertiary/aromatic N) is 3. The third-order valence-corrected chi connectivity index (χ3v) is 4.91. The third-order valence-electron chi connectivity index (χ3n) is 3.55. The first-order valence-electron chi connectivity index (χ1n) is 8.03. The van der Waals surface area contributed by atoms with Crippen LogP contribution in [-0.2, 0) is 15.8 Å². The van der Waals surface area contributed by atoms with E-state index < -0.39 is 27.4 Å². The predicted octanol–water partition coefficient (Wildman–Crippen LogP) is 2.08. The van der Waals surface area contributed by atoms with E-state index in [-0.39, 0.29) is 18.7 Å². The molecule has 0 spiro atoms. The van der Waals surface area contributed by atoms with Crippen LogP contribution in [0, 0.1) is 11.6 Å². The molecule has 0 fully saturated rings. The first-order chi connectivity index (χ1) is 12.9. The van der Waals surface area contributed by atoms with E-state index >= 15 is 0 Å². The fraction of sp³-hybridized carbons (Fsp3) is 0.176. The number of hydrogen-bond donors (Lipinski definition) is 2. The van der Waals surface area contributed by atoms with Crippen molar-refractivity contribution in [2.75, 3.05) is 18.4 Å². The van der Waals surface area contributed by atoms with Crippen molar-refractivity contribution in [3.05, 3.63) is 72.3 Å². The smallest absolute Gasteiger partial charge is 0.215 e. The van der Waals surface area contributed by atoms with Crippen molar-refractivity contribution in [1.82, 2.24) is 19.3 Å². The first-order valence-corrected chi connectivity index (χ1v) is 9.68. The Labute approximate surface area is 155 Å². The number of hydrogen-bond acceptors (Lipinski definition) is 5. The zero-order valence-electron chi connectivity index (χ0n) is 14.1. The normalized spacial score (nSPS) is 11.5. The molecule has 0 bridgehead atoms. The third kappa shape index (κ3) is 5.56. The van der Waals surface area contributed by atoms with Crippen LogP contribution in [0.1, 0.15) is 5.56 Å². The lowest BCUT2D eigenvalue weighted by Gasteiger charge is -2.09. The molecule has 2 N–H and O–H groups in total. The molecule has 0 unspecified atom stereocenters. The van der Waals surface area contributed by atoms with Crippen molar-refractivity contribution in [2.24, 2.45) is 0 Å². The molecule has 3 aromatic rings. The van der Waals surface area contributed by atoms with Crippen LogP contribution in [0.15, 0.2) is 55.1 Å². The van der Waals surface area contributed by atoms with E-state index in [0.717, 1.165) is 12.1 Å². The van der Waals surface area contributed by atoms with Gasteiger partial charge >= 0.3 is 0 Å². The molecule has 0 saturated heterocycles. The van der Waals surface area contributed by atoms with Crippen LogP contribution in [0.25, 0.3) is 5.82 Å². The second kappa shape index (κ2) is 8.23. The number of aromatic nitrogens is 3. The van der Waals surface area contributed by atoms with Crippen molar-refractivity contribution >= 4 is 15.8 Å². The Bertz CT molecular complexity index is 990. The molecule has 0 saturated carbocycles. The molecule has 27 heavy (non-hydrogen) atoms. The molecule has 3 rings (SSSR count). The maximum absolute atomic E-state index is 13.2. The maximum Gasteiger partial charge on any atom is 0.215 e. The van der Waals surface area contributed by atoms with Gasteiger partial charge < -0.3 is 9.88 Å². The molecule has 2 heterocycles. The quantitative estimate of drug-likeness (QED) is 0.572. The van der Waals surface area contributed by atoms with E-state index in [1.807, 2.05) is 29.1 Å². The number of nitrogens with one attached hydrogen (secondary N) is 2. The minimum Gasteiger partial charge on any atom is -0.369 e. The molecular formula is C17H17F2N5O2S. The lowest BCUT2D eigenvalue weighted by molar-refractivity contribution is 0.575. The lowest BCUT2D eigenvalue weighted by atomic mass is 10.2. The molecule has 0 aliphatic heterocycles. The molecule has 7 nitrogen and oxygen atoms in total. The van der Waals surface area contributed by atoms with E-state index in [2.05, 4.69) is 20.0 Å². The van der Waals surface area contributed by atoms with Crippen LogP contribution in [0.3, 0.4) is 0 Å². The highest BCUT2D eigenvalue weighted by Gasteiger charge is 2.12. The number of halogens is 2. The summed E-state index contributed by atoms with van der Waals surface area (Å²) in [6, 6.07) is 8.14. The Morgan fingerprint density at radius 2 is 1.67 bits per heavy atom. The van der Waals surface area contributed by atoms with Gasteiger partial charge in [-0.2, -0.15) is 0 Å². The second-order valence-corrected chi connectivity index (χ2v) is 7.52. The number of rotatable bonds is 8. The molecule has 1 aromatic carbocycles. The highest BCUT2D eigenvalue weighted by Crippen LogP contribution is 2.11. The fourth-order valence-corrected chi connectivity index (χ4v) is 3.55. The van der Waals surface area contributed by atoms with Gasteiger partial charge in [0.15, 0.2) is 0 Å². The van der Waals surface area contributed by atoms with E-state index in [1.54, 1.807) is 6.07 Å². The summed E-state index contributed by atoms with van der Waals surface area (Å²) in [6.07, 6.45) is 5.09.